The molecule has 0 radical (unpaired) electrons. The standard InChI is InChI=1S/C35H24F3NO3/c1-20-11-12-21-15-18-28-34(32(41)25-9-5-6-10-26(25)33(34)42)29(22-13-16-24(17-14-22)35(36,37)38)30(39(28)27(21)19-20)31(40)23-7-3-2-4-8-23/h2-19,28-30H,1H3/t28-,29-,30-/m0/s1. The van der Waals surface area contributed by atoms with Gasteiger partial charge in [-0.1, -0.05) is 91.0 Å². The van der Waals surface area contributed by atoms with Crippen LogP contribution < -0.4 is 4.90 Å². The van der Waals surface area contributed by atoms with Crippen LogP contribution in [0.15, 0.2) is 103 Å². The number of fused-ring (bicyclic) bond motifs is 5. The van der Waals surface area contributed by atoms with Crippen molar-refractivity contribution in [3.05, 3.63) is 142 Å². The summed E-state index contributed by atoms with van der Waals surface area (Å²) in [6.07, 6.45) is -0.911. The maximum absolute atomic E-state index is 14.6. The number of anilines is 1. The normalized spacial score (nSPS) is 21.8. The number of benzene rings is 4. The molecule has 1 aliphatic carbocycles. The second-order valence-electron chi connectivity index (χ2n) is 11.1. The van der Waals surface area contributed by atoms with Crippen molar-refractivity contribution in [1.29, 1.82) is 0 Å². The van der Waals surface area contributed by atoms with E-state index < -0.39 is 46.7 Å². The predicted molar refractivity (Wildman–Crippen MR) is 153 cm³/mol. The summed E-state index contributed by atoms with van der Waals surface area (Å²) in [5.41, 5.74) is 1.05. The van der Waals surface area contributed by atoms with Crippen LogP contribution in [0, 0.1) is 12.3 Å². The van der Waals surface area contributed by atoms with Crippen LogP contribution in [0.3, 0.4) is 0 Å². The van der Waals surface area contributed by atoms with Gasteiger partial charge in [-0.15, -0.1) is 0 Å². The minimum atomic E-state index is -4.57. The maximum atomic E-state index is 14.6. The fraction of sp³-hybridized carbons (Fsp3) is 0.171. The van der Waals surface area contributed by atoms with E-state index >= 15 is 0 Å². The molecule has 1 fully saturated rings. The highest BCUT2D eigenvalue weighted by molar-refractivity contribution is 6.32. The van der Waals surface area contributed by atoms with Gasteiger partial charge in [-0.3, -0.25) is 14.4 Å². The van der Waals surface area contributed by atoms with E-state index in [1.807, 2.05) is 36.1 Å². The lowest BCUT2D eigenvalue weighted by molar-refractivity contribution is -0.137. The van der Waals surface area contributed by atoms with Crippen LogP contribution in [-0.4, -0.2) is 29.4 Å². The number of ketones is 3. The van der Waals surface area contributed by atoms with E-state index in [1.165, 1.54) is 12.1 Å². The van der Waals surface area contributed by atoms with Gasteiger partial charge in [0.2, 0.25) is 0 Å². The van der Waals surface area contributed by atoms with Crippen molar-refractivity contribution >= 4 is 29.1 Å². The van der Waals surface area contributed by atoms with Gasteiger partial charge < -0.3 is 4.90 Å². The van der Waals surface area contributed by atoms with Crippen LogP contribution in [0.2, 0.25) is 0 Å². The third-order valence-corrected chi connectivity index (χ3v) is 8.89. The molecule has 0 amide bonds. The Kier molecular flexibility index (Phi) is 5.67. The second-order valence-corrected chi connectivity index (χ2v) is 11.1. The highest BCUT2D eigenvalue weighted by Crippen LogP contribution is 2.61. The molecule has 0 bridgehead atoms. The molecule has 0 aromatic heterocycles. The summed E-state index contributed by atoms with van der Waals surface area (Å²) < 4.78 is 40.8. The lowest BCUT2D eigenvalue weighted by atomic mass is 9.64. The topological polar surface area (TPSA) is 54.5 Å². The van der Waals surface area contributed by atoms with Crippen molar-refractivity contribution in [2.24, 2.45) is 5.41 Å². The summed E-state index contributed by atoms with van der Waals surface area (Å²) in [7, 11) is 0. The Morgan fingerprint density at radius 2 is 1.43 bits per heavy atom. The second kappa shape index (κ2) is 9.11. The summed E-state index contributed by atoms with van der Waals surface area (Å²) in [6.45, 7) is 1.92. The molecule has 42 heavy (non-hydrogen) atoms. The number of carbonyl (C=O) groups is 3. The largest absolute Gasteiger partial charge is 0.416 e. The molecule has 3 atom stereocenters. The van der Waals surface area contributed by atoms with Crippen molar-refractivity contribution < 1.29 is 27.6 Å². The average Bonchev–Trinajstić information content (AvgIpc) is 3.43. The molecule has 2 aliphatic heterocycles. The van der Waals surface area contributed by atoms with Crippen LogP contribution in [0.4, 0.5) is 18.9 Å². The number of rotatable bonds is 3. The number of hydrogen-bond acceptors (Lipinski definition) is 4. The molecule has 4 aromatic rings. The molecule has 4 nitrogen and oxygen atoms in total. The molecule has 2 heterocycles. The Balaban J connectivity index is 1.54. The van der Waals surface area contributed by atoms with Crippen molar-refractivity contribution in [2.75, 3.05) is 4.90 Å². The molecular weight excluding hydrogens is 539 g/mol. The van der Waals surface area contributed by atoms with Gasteiger partial charge >= 0.3 is 6.18 Å². The number of halogens is 3. The van der Waals surface area contributed by atoms with Gasteiger partial charge in [0, 0.05) is 28.3 Å². The molecular formula is C35H24F3NO3. The van der Waals surface area contributed by atoms with E-state index in [0.717, 1.165) is 23.3 Å². The molecule has 7 rings (SSSR count). The van der Waals surface area contributed by atoms with E-state index in [-0.39, 0.29) is 16.9 Å². The molecule has 7 heteroatoms. The van der Waals surface area contributed by atoms with Crippen molar-refractivity contribution in [3.8, 4) is 0 Å². The van der Waals surface area contributed by atoms with Gasteiger partial charge in [0.25, 0.3) is 0 Å². The Morgan fingerprint density at radius 3 is 2.05 bits per heavy atom. The number of alkyl halides is 3. The highest BCUT2D eigenvalue weighted by atomic mass is 19.4. The zero-order valence-electron chi connectivity index (χ0n) is 22.4. The number of nitrogens with zero attached hydrogens (tertiary/aromatic N) is 1. The quantitative estimate of drug-likeness (QED) is 0.194. The monoisotopic (exact) mass is 563 g/mol. The van der Waals surface area contributed by atoms with Crippen molar-refractivity contribution in [2.45, 2.75) is 31.1 Å². The lowest BCUT2D eigenvalue weighted by Crippen LogP contribution is -2.48. The van der Waals surface area contributed by atoms with Crippen LogP contribution in [0.25, 0.3) is 6.08 Å². The van der Waals surface area contributed by atoms with E-state index in [1.54, 1.807) is 60.7 Å². The van der Waals surface area contributed by atoms with Gasteiger partial charge in [0.15, 0.2) is 17.3 Å². The van der Waals surface area contributed by atoms with Crippen LogP contribution in [0.1, 0.15) is 59.2 Å². The molecule has 0 saturated carbocycles. The molecule has 0 unspecified atom stereocenters. The minimum absolute atomic E-state index is 0.260. The zero-order chi connectivity index (χ0) is 29.4. The van der Waals surface area contributed by atoms with E-state index in [2.05, 4.69) is 0 Å². The lowest BCUT2D eigenvalue weighted by Gasteiger charge is -2.37. The molecule has 0 N–H and O–H groups in total. The van der Waals surface area contributed by atoms with Crippen molar-refractivity contribution in [3.63, 3.8) is 0 Å². The molecule has 3 aliphatic rings. The Bertz CT molecular complexity index is 1770. The third kappa shape index (κ3) is 3.52. The summed E-state index contributed by atoms with van der Waals surface area (Å²) in [6, 6.07) is 23.6. The fourth-order valence-electron chi connectivity index (χ4n) is 7.10. The van der Waals surface area contributed by atoms with Crippen LogP contribution >= 0.6 is 0 Å². The highest BCUT2D eigenvalue weighted by Gasteiger charge is 2.71. The molecule has 208 valence electrons. The first-order valence-corrected chi connectivity index (χ1v) is 13.7. The van der Waals surface area contributed by atoms with Gasteiger partial charge in [0.1, 0.15) is 11.5 Å². The number of aryl methyl sites for hydroxylation is 1. The first kappa shape index (κ1) is 26.1. The van der Waals surface area contributed by atoms with Gasteiger partial charge in [-0.2, -0.15) is 13.2 Å². The van der Waals surface area contributed by atoms with E-state index in [0.29, 0.717) is 16.8 Å². The first-order valence-electron chi connectivity index (χ1n) is 13.7. The Morgan fingerprint density at radius 1 is 0.810 bits per heavy atom. The SMILES string of the molecule is Cc1ccc2c(c1)N1[C@H](C(=O)c3ccccc3)[C@H](c3ccc(C(F)(F)F)cc3)C3(C(=O)c4ccccc4C3=O)[C@@H]1C=C2. The average molecular weight is 564 g/mol. The smallest absolute Gasteiger partial charge is 0.352 e. The summed E-state index contributed by atoms with van der Waals surface area (Å²) in [4.78, 5) is 45.6. The third-order valence-electron chi connectivity index (χ3n) is 8.89. The van der Waals surface area contributed by atoms with Gasteiger partial charge in [-0.25, -0.2) is 0 Å². The van der Waals surface area contributed by atoms with E-state index in [9.17, 15) is 27.6 Å². The summed E-state index contributed by atoms with van der Waals surface area (Å²) in [5, 5.41) is 0. The fourth-order valence-corrected chi connectivity index (χ4v) is 7.10. The van der Waals surface area contributed by atoms with Crippen LogP contribution in [-0.2, 0) is 6.18 Å². The molecule has 4 aromatic carbocycles. The predicted octanol–water partition coefficient (Wildman–Crippen LogP) is 7.33. The Labute approximate surface area is 240 Å². The van der Waals surface area contributed by atoms with Gasteiger partial charge in [-0.05, 0) is 41.8 Å². The minimum Gasteiger partial charge on any atom is -0.352 e. The summed E-state index contributed by atoms with van der Waals surface area (Å²) >= 11 is 0. The van der Waals surface area contributed by atoms with E-state index in [4.69, 9.17) is 0 Å². The number of carbonyl (C=O) groups excluding carboxylic acids is 3. The maximum Gasteiger partial charge on any atom is 0.416 e. The Hall–Kier alpha value is -4.78. The van der Waals surface area contributed by atoms with Crippen molar-refractivity contribution in [1.82, 2.24) is 0 Å². The van der Waals surface area contributed by atoms with Crippen LogP contribution in [0.5, 0.6) is 0 Å². The number of Topliss-reactive ketones (excluding diaryl/α,β-unsaturated/α-hetero) is 3. The number of hydrogen-bond donors (Lipinski definition) is 0. The van der Waals surface area contributed by atoms with Gasteiger partial charge in [0.05, 0.1) is 11.6 Å². The summed E-state index contributed by atoms with van der Waals surface area (Å²) in [5.74, 6) is -2.23. The molecule has 1 spiro atoms. The molecule has 1 saturated heterocycles. The zero-order valence-corrected chi connectivity index (χ0v) is 22.4. The first-order chi connectivity index (χ1) is 20.1.